The van der Waals surface area contributed by atoms with Gasteiger partial charge in [-0.05, 0) is 17.7 Å². The minimum atomic E-state index is -0.721. The van der Waals surface area contributed by atoms with E-state index in [9.17, 15) is 14.4 Å². The Bertz CT molecular complexity index is 494. The fourth-order valence-electron chi connectivity index (χ4n) is 1.62. The van der Waals surface area contributed by atoms with Crippen molar-refractivity contribution in [3.05, 3.63) is 29.8 Å². The summed E-state index contributed by atoms with van der Waals surface area (Å²) >= 11 is 0. The van der Waals surface area contributed by atoms with E-state index < -0.39 is 24.1 Å². The first-order valence-corrected chi connectivity index (χ1v) is 5.34. The zero-order valence-corrected chi connectivity index (χ0v) is 9.64. The zero-order chi connectivity index (χ0) is 13.1. The van der Waals surface area contributed by atoms with Crippen molar-refractivity contribution in [1.82, 2.24) is 5.32 Å². The molecule has 1 heterocycles. The number of cyclic esters (lactones) is 2. The molecule has 1 aromatic rings. The summed E-state index contributed by atoms with van der Waals surface area (Å²) in [5.41, 5.74) is 0.829. The van der Waals surface area contributed by atoms with Crippen LogP contribution < -0.4 is 10.1 Å². The van der Waals surface area contributed by atoms with Crippen LogP contribution in [-0.2, 0) is 20.7 Å². The average Bonchev–Trinajstić information content (AvgIpc) is 2.59. The molecule has 18 heavy (non-hydrogen) atoms. The molecule has 6 heteroatoms. The first-order chi connectivity index (χ1) is 8.54. The summed E-state index contributed by atoms with van der Waals surface area (Å²) in [4.78, 5) is 32.8. The summed E-state index contributed by atoms with van der Waals surface area (Å²) in [5.74, 6) is -0.539. The Morgan fingerprint density at radius 3 is 2.50 bits per heavy atom. The molecular formula is C12H11NO5. The van der Waals surface area contributed by atoms with E-state index in [1.807, 2.05) is 0 Å². The number of benzene rings is 1. The van der Waals surface area contributed by atoms with Gasteiger partial charge in [-0.3, -0.25) is 4.79 Å². The molecule has 1 aliphatic heterocycles. The second-order valence-corrected chi connectivity index (χ2v) is 3.85. The molecular weight excluding hydrogens is 238 g/mol. The molecule has 94 valence electrons. The minimum absolute atomic E-state index is 0.338. The van der Waals surface area contributed by atoms with Crippen molar-refractivity contribution in [3.63, 3.8) is 0 Å². The van der Waals surface area contributed by atoms with Crippen molar-refractivity contribution in [2.75, 3.05) is 0 Å². The predicted octanol–water partition coefficient (Wildman–Crippen LogP) is 0.789. The first-order valence-electron chi connectivity index (χ1n) is 5.34. The van der Waals surface area contributed by atoms with Gasteiger partial charge in [0.25, 0.3) is 0 Å². The largest absolute Gasteiger partial charge is 0.427 e. The quantitative estimate of drug-likeness (QED) is 0.486. The van der Waals surface area contributed by atoms with Gasteiger partial charge in [-0.1, -0.05) is 12.1 Å². The monoisotopic (exact) mass is 249 g/mol. The van der Waals surface area contributed by atoms with Crippen LogP contribution in [0.4, 0.5) is 4.79 Å². The highest BCUT2D eigenvalue weighted by atomic mass is 16.6. The fraction of sp³-hybridized carbons (Fsp3) is 0.250. The lowest BCUT2D eigenvalue weighted by molar-refractivity contribution is -0.135. The second kappa shape index (κ2) is 4.87. The van der Waals surface area contributed by atoms with Crippen LogP contribution in [0.2, 0.25) is 0 Å². The van der Waals surface area contributed by atoms with Crippen molar-refractivity contribution in [1.29, 1.82) is 0 Å². The van der Waals surface area contributed by atoms with E-state index in [-0.39, 0.29) is 0 Å². The van der Waals surface area contributed by atoms with Gasteiger partial charge >= 0.3 is 18.0 Å². The summed E-state index contributed by atoms with van der Waals surface area (Å²) in [5, 5.41) is 2.40. The number of alkyl carbamates (subject to hydrolysis) is 1. The number of rotatable bonds is 3. The minimum Gasteiger partial charge on any atom is -0.427 e. The maximum Gasteiger partial charge on any atom is 0.415 e. The highest BCUT2D eigenvalue weighted by Gasteiger charge is 2.32. The van der Waals surface area contributed by atoms with E-state index in [2.05, 4.69) is 10.1 Å². The molecule has 0 unspecified atom stereocenters. The Morgan fingerprint density at radius 2 is 2.00 bits per heavy atom. The van der Waals surface area contributed by atoms with Crippen LogP contribution >= 0.6 is 0 Å². The first kappa shape index (κ1) is 12.1. The van der Waals surface area contributed by atoms with E-state index in [1.54, 1.807) is 24.3 Å². The molecule has 1 N–H and O–H groups in total. The van der Waals surface area contributed by atoms with E-state index in [0.29, 0.717) is 12.2 Å². The van der Waals surface area contributed by atoms with Crippen molar-refractivity contribution in [2.45, 2.75) is 19.4 Å². The smallest absolute Gasteiger partial charge is 0.415 e. The summed E-state index contributed by atoms with van der Waals surface area (Å²) in [6.45, 7) is 1.32. The predicted molar refractivity (Wildman–Crippen MR) is 59.9 cm³/mol. The molecule has 0 radical (unpaired) electrons. The Balaban J connectivity index is 2.00. The molecule has 2 rings (SSSR count). The Hall–Kier alpha value is -2.37. The number of hydrogen-bond donors (Lipinski definition) is 1. The van der Waals surface area contributed by atoms with Gasteiger partial charge in [-0.15, -0.1) is 0 Å². The van der Waals surface area contributed by atoms with Crippen molar-refractivity contribution in [3.8, 4) is 5.75 Å². The summed E-state index contributed by atoms with van der Waals surface area (Å²) in [7, 11) is 0. The van der Waals surface area contributed by atoms with Crippen LogP contribution in [0.25, 0.3) is 0 Å². The normalized spacial score (nSPS) is 18.2. The third-order valence-electron chi connectivity index (χ3n) is 2.39. The standard InChI is InChI=1S/C12H11NO5/c1-7(14)17-9-4-2-8(3-5-9)6-10-11(15)18-12(16)13-10/h2-5,10H,6H2,1H3,(H,13,16)/t10-/m0/s1. The Kier molecular flexibility index (Phi) is 3.27. The van der Waals surface area contributed by atoms with Gasteiger partial charge < -0.3 is 14.8 Å². The second-order valence-electron chi connectivity index (χ2n) is 3.85. The van der Waals surface area contributed by atoms with E-state index in [0.717, 1.165) is 5.56 Å². The van der Waals surface area contributed by atoms with Crippen LogP contribution in [0.5, 0.6) is 5.75 Å². The summed E-state index contributed by atoms with van der Waals surface area (Å²) in [6, 6.07) is 6.03. The van der Waals surface area contributed by atoms with Gasteiger partial charge in [-0.25, -0.2) is 9.59 Å². The van der Waals surface area contributed by atoms with Gasteiger partial charge in [0, 0.05) is 13.3 Å². The third-order valence-corrected chi connectivity index (χ3v) is 2.39. The number of nitrogens with one attached hydrogen (secondary N) is 1. The molecule has 1 aliphatic rings. The number of hydrogen-bond acceptors (Lipinski definition) is 5. The molecule has 0 saturated carbocycles. The number of carbonyl (C=O) groups excluding carboxylic acids is 3. The highest BCUT2D eigenvalue weighted by molar-refractivity contribution is 5.95. The molecule has 0 aromatic heterocycles. The molecule has 1 aromatic carbocycles. The Morgan fingerprint density at radius 1 is 1.33 bits per heavy atom. The van der Waals surface area contributed by atoms with Crippen molar-refractivity contribution >= 4 is 18.0 Å². The summed E-state index contributed by atoms with van der Waals surface area (Å²) < 4.78 is 9.24. The maximum atomic E-state index is 11.2. The van der Waals surface area contributed by atoms with Crippen molar-refractivity contribution < 1.29 is 23.9 Å². The molecule has 1 saturated heterocycles. The van der Waals surface area contributed by atoms with Gasteiger partial charge in [-0.2, -0.15) is 0 Å². The molecule has 6 nitrogen and oxygen atoms in total. The third kappa shape index (κ3) is 2.85. The molecule has 1 amide bonds. The molecule has 1 fully saturated rings. The van der Waals surface area contributed by atoms with Gasteiger partial charge in [0.15, 0.2) is 0 Å². The van der Waals surface area contributed by atoms with Crippen molar-refractivity contribution in [2.24, 2.45) is 0 Å². The van der Waals surface area contributed by atoms with Crippen LogP contribution in [0.1, 0.15) is 12.5 Å². The number of ether oxygens (including phenoxy) is 2. The van der Waals surface area contributed by atoms with Gasteiger partial charge in [0.1, 0.15) is 11.8 Å². The van der Waals surface area contributed by atoms with Gasteiger partial charge in [0.2, 0.25) is 0 Å². The lowest BCUT2D eigenvalue weighted by Crippen LogP contribution is -2.30. The zero-order valence-electron chi connectivity index (χ0n) is 9.64. The van der Waals surface area contributed by atoms with E-state index in [4.69, 9.17) is 4.74 Å². The van der Waals surface area contributed by atoms with Crippen LogP contribution in [-0.4, -0.2) is 24.1 Å². The summed E-state index contributed by atoms with van der Waals surface area (Å²) in [6.07, 6.45) is -0.383. The SMILES string of the molecule is CC(=O)Oc1ccc(C[C@@H]2NC(=O)OC2=O)cc1. The number of carbonyl (C=O) groups is 3. The lowest BCUT2D eigenvalue weighted by atomic mass is 10.1. The van der Waals surface area contributed by atoms with E-state index >= 15 is 0 Å². The number of amides is 1. The molecule has 0 bridgehead atoms. The van der Waals surface area contributed by atoms with Crippen LogP contribution in [0.3, 0.4) is 0 Å². The van der Waals surface area contributed by atoms with Crippen LogP contribution in [0.15, 0.2) is 24.3 Å². The Labute approximate surface area is 103 Å². The molecule has 1 atom stereocenters. The topological polar surface area (TPSA) is 81.7 Å². The van der Waals surface area contributed by atoms with E-state index in [1.165, 1.54) is 6.92 Å². The highest BCUT2D eigenvalue weighted by Crippen LogP contribution is 2.15. The molecule has 0 aliphatic carbocycles. The number of esters is 2. The lowest BCUT2D eigenvalue weighted by Gasteiger charge is -2.06. The molecule has 0 spiro atoms. The maximum absolute atomic E-state index is 11.2. The van der Waals surface area contributed by atoms with Gasteiger partial charge in [0.05, 0.1) is 0 Å². The van der Waals surface area contributed by atoms with Crippen LogP contribution in [0, 0.1) is 0 Å². The average molecular weight is 249 g/mol. The fourth-order valence-corrected chi connectivity index (χ4v) is 1.62.